The number of rotatable bonds is 1. The molecule has 0 saturated heterocycles. The molecule has 0 radical (unpaired) electrons. The third kappa shape index (κ3) is 1.76. The van der Waals surface area contributed by atoms with E-state index in [4.69, 9.17) is 0 Å². The Bertz CT molecular complexity index is 611. The minimum atomic E-state index is 0.408. The summed E-state index contributed by atoms with van der Waals surface area (Å²) < 4.78 is 0. The lowest BCUT2D eigenvalue weighted by molar-refractivity contribution is 0.800. The molecule has 2 aromatic rings. The molecule has 0 spiro atoms. The Labute approximate surface area is 108 Å². The summed E-state index contributed by atoms with van der Waals surface area (Å²) in [6.45, 7) is 5.25. The van der Waals surface area contributed by atoms with Crippen LogP contribution in [0, 0.1) is 13.8 Å². The van der Waals surface area contributed by atoms with E-state index in [1.165, 1.54) is 27.8 Å². The molecular formula is C17H17N. The fourth-order valence-corrected chi connectivity index (χ4v) is 2.72. The van der Waals surface area contributed by atoms with Gasteiger partial charge in [0.2, 0.25) is 0 Å². The molecule has 90 valence electrons. The van der Waals surface area contributed by atoms with E-state index in [9.17, 15) is 0 Å². The predicted molar refractivity (Wildman–Crippen MR) is 76.7 cm³/mol. The molecule has 0 unspecified atom stereocenters. The fourth-order valence-electron chi connectivity index (χ4n) is 2.72. The number of nitrogens with zero attached hydrogens (tertiary/aromatic N) is 1. The van der Waals surface area contributed by atoms with Crippen molar-refractivity contribution in [2.24, 2.45) is 4.99 Å². The van der Waals surface area contributed by atoms with Gasteiger partial charge in [0.15, 0.2) is 0 Å². The first-order chi connectivity index (χ1) is 8.77. The lowest BCUT2D eigenvalue weighted by Gasteiger charge is -2.23. The lowest BCUT2D eigenvalue weighted by Crippen LogP contribution is -2.13. The van der Waals surface area contributed by atoms with E-state index < -0.39 is 0 Å². The maximum atomic E-state index is 4.52. The van der Waals surface area contributed by atoms with Crippen molar-refractivity contribution in [3.8, 4) is 0 Å². The Hall–Kier alpha value is -1.89. The molecule has 1 heteroatoms. The Morgan fingerprint density at radius 2 is 1.72 bits per heavy atom. The van der Waals surface area contributed by atoms with Crippen LogP contribution in [0.25, 0.3) is 0 Å². The second kappa shape index (κ2) is 4.41. The third-order valence-corrected chi connectivity index (χ3v) is 3.91. The molecule has 0 saturated carbocycles. The van der Waals surface area contributed by atoms with Gasteiger partial charge in [-0.15, -0.1) is 0 Å². The predicted octanol–water partition coefficient (Wildman–Crippen LogP) is 3.87. The van der Waals surface area contributed by atoms with Crippen LogP contribution in [0.3, 0.4) is 0 Å². The summed E-state index contributed by atoms with van der Waals surface area (Å²) in [5.74, 6) is 0.408. The maximum absolute atomic E-state index is 4.52. The van der Waals surface area contributed by atoms with Crippen molar-refractivity contribution in [2.45, 2.75) is 19.8 Å². The number of hydrogen-bond donors (Lipinski definition) is 0. The van der Waals surface area contributed by atoms with Crippen molar-refractivity contribution in [1.82, 2.24) is 0 Å². The first-order valence-corrected chi connectivity index (χ1v) is 6.42. The highest BCUT2D eigenvalue weighted by Crippen LogP contribution is 2.32. The molecule has 0 aliphatic carbocycles. The molecule has 18 heavy (non-hydrogen) atoms. The van der Waals surface area contributed by atoms with Gasteiger partial charge >= 0.3 is 0 Å². The fraction of sp³-hybridized carbons (Fsp3) is 0.235. The summed E-state index contributed by atoms with van der Waals surface area (Å²) in [4.78, 5) is 4.52. The Morgan fingerprint density at radius 3 is 2.61 bits per heavy atom. The summed E-state index contributed by atoms with van der Waals surface area (Å²) in [5, 5.41) is 0. The molecule has 1 atom stereocenters. The molecule has 1 nitrogen and oxygen atoms in total. The van der Waals surface area contributed by atoms with Crippen LogP contribution in [0.5, 0.6) is 0 Å². The van der Waals surface area contributed by atoms with Gasteiger partial charge in [-0.25, -0.2) is 0 Å². The van der Waals surface area contributed by atoms with Crippen LogP contribution in [0.1, 0.15) is 33.7 Å². The SMILES string of the molecule is Cc1cccc([C@H]2CN=Cc3ccccc32)c1C. The van der Waals surface area contributed by atoms with Gasteiger partial charge in [0, 0.05) is 18.7 Å². The third-order valence-electron chi connectivity index (χ3n) is 3.91. The normalized spacial score (nSPS) is 17.6. The molecule has 0 N–H and O–H groups in total. The van der Waals surface area contributed by atoms with Crippen LogP contribution < -0.4 is 0 Å². The number of fused-ring (bicyclic) bond motifs is 1. The second-order valence-corrected chi connectivity index (χ2v) is 4.96. The van der Waals surface area contributed by atoms with Crippen molar-refractivity contribution in [2.75, 3.05) is 6.54 Å². The largest absolute Gasteiger partial charge is 0.292 e. The molecule has 1 aliphatic rings. The van der Waals surface area contributed by atoms with E-state index in [0.29, 0.717) is 5.92 Å². The molecule has 0 aromatic heterocycles. The zero-order valence-electron chi connectivity index (χ0n) is 10.9. The van der Waals surface area contributed by atoms with Gasteiger partial charge in [-0.1, -0.05) is 42.5 Å². The summed E-state index contributed by atoms with van der Waals surface area (Å²) in [5.41, 5.74) is 6.84. The molecule has 0 bridgehead atoms. The van der Waals surface area contributed by atoms with Crippen molar-refractivity contribution in [1.29, 1.82) is 0 Å². The van der Waals surface area contributed by atoms with E-state index in [1.54, 1.807) is 0 Å². The van der Waals surface area contributed by atoms with E-state index >= 15 is 0 Å². The van der Waals surface area contributed by atoms with Crippen molar-refractivity contribution in [3.63, 3.8) is 0 Å². The van der Waals surface area contributed by atoms with Gasteiger partial charge in [0.1, 0.15) is 0 Å². The van der Waals surface area contributed by atoms with Crippen molar-refractivity contribution < 1.29 is 0 Å². The first kappa shape index (κ1) is 11.2. The van der Waals surface area contributed by atoms with Crippen LogP contribution in [0.15, 0.2) is 47.5 Å². The molecule has 0 fully saturated rings. The number of aliphatic imine (C=N–C) groups is 1. The maximum Gasteiger partial charge on any atom is 0.0499 e. The molecule has 1 aliphatic heterocycles. The topological polar surface area (TPSA) is 12.4 Å². The minimum absolute atomic E-state index is 0.408. The highest BCUT2D eigenvalue weighted by Gasteiger charge is 2.20. The van der Waals surface area contributed by atoms with Gasteiger partial charge in [-0.3, -0.25) is 4.99 Å². The first-order valence-electron chi connectivity index (χ1n) is 6.42. The highest BCUT2D eigenvalue weighted by atomic mass is 14.7. The monoisotopic (exact) mass is 235 g/mol. The number of aryl methyl sites for hydroxylation is 1. The molecular weight excluding hydrogens is 218 g/mol. The summed E-state index contributed by atoms with van der Waals surface area (Å²) >= 11 is 0. The average molecular weight is 235 g/mol. The van der Waals surface area contributed by atoms with E-state index in [1.807, 2.05) is 6.21 Å². The van der Waals surface area contributed by atoms with Crippen molar-refractivity contribution in [3.05, 3.63) is 70.3 Å². The Kier molecular flexibility index (Phi) is 2.75. The average Bonchev–Trinajstić information content (AvgIpc) is 2.41. The zero-order valence-corrected chi connectivity index (χ0v) is 10.9. The van der Waals surface area contributed by atoms with Crippen LogP contribution in [0.2, 0.25) is 0 Å². The number of hydrogen-bond acceptors (Lipinski definition) is 1. The van der Waals surface area contributed by atoms with Gasteiger partial charge in [-0.2, -0.15) is 0 Å². The molecule has 3 rings (SSSR count). The van der Waals surface area contributed by atoms with E-state index in [-0.39, 0.29) is 0 Å². The zero-order chi connectivity index (χ0) is 12.5. The van der Waals surface area contributed by atoms with Crippen LogP contribution in [-0.2, 0) is 0 Å². The van der Waals surface area contributed by atoms with E-state index in [0.717, 1.165) is 6.54 Å². The van der Waals surface area contributed by atoms with Gasteiger partial charge in [0.05, 0.1) is 0 Å². The second-order valence-electron chi connectivity index (χ2n) is 4.96. The lowest BCUT2D eigenvalue weighted by atomic mass is 9.84. The quantitative estimate of drug-likeness (QED) is 0.711. The van der Waals surface area contributed by atoms with Crippen LogP contribution in [-0.4, -0.2) is 12.8 Å². The Balaban J connectivity index is 2.14. The van der Waals surface area contributed by atoms with E-state index in [2.05, 4.69) is 61.3 Å². The summed E-state index contributed by atoms with van der Waals surface area (Å²) in [6.07, 6.45) is 2.00. The van der Waals surface area contributed by atoms with Crippen molar-refractivity contribution >= 4 is 6.21 Å². The highest BCUT2D eigenvalue weighted by molar-refractivity contribution is 5.83. The van der Waals surface area contributed by atoms with Gasteiger partial charge in [0.25, 0.3) is 0 Å². The minimum Gasteiger partial charge on any atom is -0.292 e. The smallest absolute Gasteiger partial charge is 0.0499 e. The summed E-state index contributed by atoms with van der Waals surface area (Å²) in [7, 11) is 0. The van der Waals surface area contributed by atoms with Gasteiger partial charge in [-0.05, 0) is 41.7 Å². The van der Waals surface area contributed by atoms with Crippen LogP contribution >= 0.6 is 0 Å². The standard InChI is InChI=1S/C17H17N/c1-12-6-5-9-15(13(12)2)17-11-18-10-14-7-3-4-8-16(14)17/h3-10,17H,11H2,1-2H3/t17-/m1/s1. The number of benzene rings is 2. The summed E-state index contributed by atoms with van der Waals surface area (Å²) in [6, 6.07) is 15.1. The molecule has 2 aromatic carbocycles. The molecule has 0 amide bonds. The molecule has 1 heterocycles. The Morgan fingerprint density at radius 1 is 0.944 bits per heavy atom. The van der Waals surface area contributed by atoms with Gasteiger partial charge < -0.3 is 0 Å². The van der Waals surface area contributed by atoms with Crippen LogP contribution in [0.4, 0.5) is 0 Å².